The van der Waals surface area contributed by atoms with Crippen LogP contribution in [0.2, 0.25) is 39.3 Å². The molecule has 1 aliphatic heterocycles. The number of hydrogen-bond acceptors (Lipinski definition) is 0. The third kappa shape index (κ3) is 3.84. The molecule has 1 heterocycles. The van der Waals surface area contributed by atoms with Gasteiger partial charge in [0.05, 0.1) is 0 Å². The van der Waals surface area contributed by atoms with Crippen LogP contribution < -0.4 is 0 Å². The fourth-order valence-corrected chi connectivity index (χ4v) is 41.3. The van der Waals surface area contributed by atoms with Crippen molar-refractivity contribution < 1.29 is 23.0 Å². The molecule has 0 fully saturated rings. The molecule has 0 aromatic heterocycles. The van der Waals surface area contributed by atoms with Crippen molar-refractivity contribution in [3.05, 3.63) is 81.4 Å². The normalized spacial score (nSPS) is 15.9. The topological polar surface area (TPSA) is 0 Å². The molecule has 0 unspecified atom stereocenters. The molecule has 0 saturated carbocycles. The van der Waals surface area contributed by atoms with Gasteiger partial charge in [0.15, 0.2) is 0 Å². The van der Waals surface area contributed by atoms with Crippen LogP contribution in [0.15, 0.2) is 70.3 Å². The fourth-order valence-electron chi connectivity index (χ4n) is 3.91. The van der Waals surface area contributed by atoms with Crippen molar-refractivity contribution in [3.8, 4) is 0 Å². The van der Waals surface area contributed by atoms with Gasteiger partial charge in [0.25, 0.3) is 0 Å². The van der Waals surface area contributed by atoms with Crippen molar-refractivity contribution in [1.29, 1.82) is 0 Å². The molecular weight excluding hydrogens is 527 g/mol. The molecule has 0 atom stereocenters. The molecule has 0 saturated heterocycles. The van der Waals surface area contributed by atoms with Crippen LogP contribution >= 0.6 is 0 Å². The van der Waals surface area contributed by atoms with E-state index in [0.29, 0.717) is 0 Å². The molecule has 0 aliphatic carbocycles. The second-order valence-electron chi connectivity index (χ2n) is 9.11. The zero-order valence-corrected chi connectivity index (χ0v) is 23.4. The Balaban J connectivity index is 2.43. The Kier molecular flexibility index (Phi) is 5.79. The van der Waals surface area contributed by atoms with Gasteiger partial charge in [0.1, 0.15) is 0 Å². The average molecular weight is 555 g/mol. The standard InChI is InChI=1S/C22H28Si3.Hf/c1-24(2,3)21-19(17-13-9-7-10-14-17)20(18-15-11-8-12-16-18)22(23-21)25(4,5)6;/h7-16H,1-6H3;/q;+2. The van der Waals surface area contributed by atoms with Gasteiger partial charge in [-0.05, 0) is 0 Å². The summed E-state index contributed by atoms with van der Waals surface area (Å²) in [6.07, 6.45) is 0. The van der Waals surface area contributed by atoms with Crippen molar-refractivity contribution in [3.63, 3.8) is 0 Å². The molecule has 0 N–H and O–H groups in total. The first kappa shape index (κ1) is 20.2. The number of rotatable bonds is 4. The van der Waals surface area contributed by atoms with E-state index in [1.54, 1.807) is 11.1 Å². The third-order valence-corrected chi connectivity index (χ3v) is 26.7. The minimum atomic E-state index is -1.39. The maximum absolute atomic E-state index is 2.56. The van der Waals surface area contributed by atoms with Crippen LogP contribution in [-0.2, 0) is 23.0 Å². The van der Waals surface area contributed by atoms with Gasteiger partial charge in [-0.3, -0.25) is 0 Å². The van der Waals surface area contributed by atoms with E-state index in [-0.39, 0.29) is 0 Å². The van der Waals surface area contributed by atoms with Gasteiger partial charge in [-0.25, -0.2) is 0 Å². The summed E-state index contributed by atoms with van der Waals surface area (Å²) in [6.45, 7) is 15.4. The molecule has 1 aliphatic rings. The molecule has 3 rings (SSSR count). The van der Waals surface area contributed by atoms with Crippen molar-refractivity contribution in [2.45, 2.75) is 39.3 Å². The van der Waals surface area contributed by atoms with E-state index >= 15 is 0 Å². The second kappa shape index (κ2) is 7.46. The Morgan fingerprint density at radius 2 is 0.885 bits per heavy atom. The molecule has 0 radical (unpaired) electrons. The zero-order valence-electron chi connectivity index (χ0n) is 16.8. The minimum absolute atomic E-state index is 0.518. The molecule has 0 amide bonds. The van der Waals surface area contributed by atoms with Gasteiger partial charge >= 0.3 is 177 Å². The monoisotopic (exact) mass is 556 g/mol. The van der Waals surface area contributed by atoms with Crippen LogP contribution in [0.1, 0.15) is 11.1 Å². The Hall–Kier alpha value is -0.559. The number of benzene rings is 2. The predicted octanol–water partition coefficient (Wildman–Crippen LogP) is 6.28. The average Bonchev–Trinajstić information content (AvgIpc) is 2.90. The first-order valence-corrected chi connectivity index (χ1v) is 23.2. The van der Waals surface area contributed by atoms with Crippen LogP contribution in [0.25, 0.3) is 11.1 Å². The summed E-state index contributed by atoms with van der Waals surface area (Å²) in [5.41, 5.74) is 5.61. The zero-order chi connectivity index (χ0) is 19.1. The Bertz CT molecular complexity index is 820. The van der Waals surface area contributed by atoms with E-state index in [2.05, 4.69) is 99.9 Å². The Morgan fingerprint density at radius 1 is 0.577 bits per heavy atom. The summed E-state index contributed by atoms with van der Waals surface area (Å²) in [6, 6.07) is 22.5. The van der Waals surface area contributed by atoms with Crippen molar-refractivity contribution in [2.24, 2.45) is 0 Å². The van der Waals surface area contributed by atoms with E-state index in [1.165, 1.54) is 34.1 Å². The molecule has 0 nitrogen and oxygen atoms in total. The molecule has 0 bridgehead atoms. The Labute approximate surface area is 175 Å². The SMILES string of the molecule is C[Si](C)(C)C1=C(c2ccccc2)C(c2ccccc2)=C([Si](C)(C)C)[Si]1=[Hf+2]. The second-order valence-corrected chi connectivity index (χ2v) is 27.2. The first-order valence-electron chi connectivity index (χ1n) is 9.32. The van der Waals surface area contributed by atoms with Gasteiger partial charge in [0.2, 0.25) is 0 Å². The number of hydrogen-bond donors (Lipinski definition) is 0. The predicted molar refractivity (Wildman–Crippen MR) is 119 cm³/mol. The van der Waals surface area contributed by atoms with Crippen molar-refractivity contribution in [1.82, 2.24) is 0 Å². The van der Waals surface area contributed by atoms with E-state index in [1.807, 2.05) is 9.64 Å². The van der Waals surface area contributed by atoms with Crippen LogP contribution in [0.3, 0.4) is 0 Å². The number of allylic oxidation sites excluding steroid dienone is 2. The molecule has 2 aromatic rings. The van der Waals surface area contributed by atoms with Crippen LogP contribution in [0.5, 0.6) is 0 Å². The molecular formula is C22H28HfSi3+2. The summed E-state index contributed by atoms with van der Waals surface area (Å²) >= 11 is 1.32. The maximum atomic E-state index is 2.56. The molecule has 130 valence electrons. The van der Waals surface area contributed by atoms with Gasteiger partial charge in [-0.1, -0.05) is 0 Å². The summed E-state index contributed by atoms with van der Waals surface area (Å²) < 4.78 is 0. The van der Waals surface area contributed by atoms with Crippen LogP contribution in [0.4, 0.5) is 0 Å². The van der Waals surface area contributed by atoms with Crippen molar-refractivity contribution >= 4 is 32.8 Å². The van der Waals surface area contributed by atoms with Gasteiger partial charge < -0.3 is 0 Å². The first-order chi connectivity index (χ1) is 12.1. The summed E-state index contributed by atoms with van der Waals surface area (Å²) in [5, 5.41) is 0. The van der Waals surface area contributed by atoms with Gasteiger partial charge in [-0.2, -0.15) is 0 Å². The van der Waals surface area contributed by atoms with E-state index in [0.717, 1.165) is 0 Å². The van der Waals surface area contributed by atoms with E-state index in [9.17, 15) is 0 Å². The third-order valence-electron chi connectivity index (χ3n) is 4.87. The molecule has 26 heavy (non-hydrogen) atoms. The quantitative estimate of drug-likeness (QED) is 0.390. The van der Waals surface area contributed by atoms with Crippen LogP contribution in [0, 0.1) is 0 Å². The molecule has 0 spiro atoms. The Morgan fingerprint density at radius 3 is 1.15 bits per heavy atom. The van der Waals surface area contributed by atoms with E-state index < -0.39 is 21.6 Å². The summed E-state index contributed by atoms with van der Waals surface area (Å²) in [4.78, 5) is 3.80. The van der Waals surface area contributed by atoms with E-state index in [4.69, 9.17) is 0 Å². The summed E-state index contributed by atoms with van der Waals surface area (Å²) in [7, 11) is -2.78. The molecule has 2 aromatic carbocycles. The van der Waals surface area contributed by atoms with Gasteiger partial charge in [-0.15, -0.1) is 0 Å². The van der Waals surface area contributed by atoms with Gasteiger partial charge in [0, 0.05) is 0 Å². The van der Waals surface area contributed by atoms with Crippen LogP contribution in [-0.4, -0.2) is 21.6 Å². The van der Waals surface area contributed by atoms with Crippen molar-refractivity contribution in [2.75, 3.05) is 0 Å². The fraction of sp³-hybridized carbons (Fsp3) is 0.273. The molecule has 4 heteroatoms. The summed E-state index contributed by atoms with van der Waals surface area (Å²) in [5.74, 6) is 0.